The van der Waals surface area contributed by atoms with Crippen LogP contribution in [0.25, 0.3) is 0 Å². The minimum atomic E-state index is -1.05. The normalized spacial score (nSPS) is 10.6. The molecular weight excluding hydrogens is 670 g/mol. The number of aromatic amines is 1. The number of carboxylic acids is 1. The maximum atomic E-state index is 12.2. The Labute approximate surface area is 299 Å². The summed E-state index contributed by atoms with van der Waals surface area (Å²) < 4.78 is 15.5. The number of amides is 2. The van der Waals surface area contributed by atoms with Crippen LogP contribution in [0.4, 0.5) is 23.1 Å². The first-order chi connectivity index (χ1) is 24.3. The molecule has 2 rings (SSSR count). The lowest BCUT2D eigenvalue weighted by molar-refractivity contribution is -0.139. The Balaban J connectivity index is 0. The highest BCUT2D eigenvalue weighted by Gasteiger charge is 2.19. The van der Waals surface area contributed by atoms with E-state index in [1.165, 1.54) is 0 Å². The largest absolute Gasteiger partial charge is 0.480 e. The van der Waals surface area contributed by atoms with Crippen molar-refractivity contribution in [1.82, 2.24) is 20.6 Å². The molecule has 50 heavy (non-hydrogen) atoms. The smallest absolute Gasteiger partial charge is 0.326 e. The third kappa shape index (κ3) is 23.1. The molecule has 0 fully saturated rings. The number of aromatic nitrogens is 2. The number of thiol groups is 1. The molecule has 0 spiro atoms. The van der Waals surface area contributed by atoms with Crippen LogP contribution in [-0.4, -0.2) is 118 Å². The highest BCUT2D eigenvalue weighted by molar-refractivity contribution is 7.79. The highest BCUT2D eigenvalue weighted by Crippen LogP contribution is 2.20. The zero-order chi connectivity index (χ0) is 38.0. The Morgan fingerprint density at radius 1 is 1.06 bits per heavy atom. The molecule has 282 valence electrons. The summed E-state index contributed by atoms with van der Waals surface area (Å²) in [5.74, 6) is -1.45. The van der Waals surface area contributed by atoms with E-state index in [0.29, 0.717) is 90.5 Å². The number of nitrogens with zero attached hydrogens (tertiary/aromatic N) is 3. The average Bonchev–Trinajstić information content (AvgIpc) is 3.12. The number of anilines is 2. The zero-order valence-corrected chi connectivity index (χ0v) is 30.4. The second-order valence-electron chi connectivity index (χ2n) is 9.24. The van der Waals surface area contributed by atoms with Crippen LogP contribution in [0.2, 0.25) is 0 Å². The monoisotopic (exact) mass is 725 g/mol. The minimum Gasteiger partial charge on any atom is -0.480 e. The van der Waals surface area contributed by atoms with Crippen molar-refractivity contribution in [3.05, 3.63) is 40.2 Å². The van der Waals surface area contributed by atoms with Crippen LogP contribution in [0.15, 0.2) is 39.0 Å². The van der Waals surface area contributed by atoms with Gasteiger partial charge in [0.05, 0.1) is 39.6 Å². The molecule has 0 saturated heterocycles. The number of aliphatic imine (C=N–C) groups is 2. The van der Waals surface area contributed by atoms with Gasteiger partial charge in [0.15, 0.2) is 11.5 Å². The highest BCUT2D eigenvalue weighted by atomic mass is 32.1. The number of aliphatic carboxylic acids is 1. The molecule has 0 bridgehead atoms. The molecule has 1 atom stereocenters. The van der Waals surface area contributed by atoms with Crippen molar-refractivity contribution < 1.29 is 33.7 Å². The number of carbonyl (C=O) groups excluding carboxylic acids is 2. The molecular formula is C32H55N9O8S. The number of carboxylic acid groups (broad SMARTS) is 1. The molecule has 1 aromatic carbocycles. The Morgan fingerprint density at radius 3 is 2.20 bits per heavy atom. The van der Waals surface area contributed by atoms with Crippen LogP contribution < -0.4 is 33.0 Å². The first kappa shape index (κ1) is 47.8. The molecule has 0 aliphatic carbocycles. The van der Waals surface area contributed by atoms with Gasteiger partial charge in [0.25, 0.3) is 11.5 Å². The molecule has 2 amide bonds. The fourth-order valence-corrected chi connectivity index (χ4v) is 3.48. The molecule has 0 unspecified atom stereocenters. The molecule has 2 aromatic rings. The van der Waals surface area contributed by atoms with Gasteiger partial charge in [-0.1, -0.05) is 27.2 Å². The standard InChI is InChI=1S/C20H25N7O4.C9H20N2O4.C2H6.CH4S/c1-3-5-14(19(30)31)25-17(28)12-6-8-13(9-7-12)23-10-4-11-24-16-15(22-2)18(29)27-20(21)26-16;10-1-3-13-5-7-15-8-6-14-4-2-11-9-12;2*1-2/h6-9,11,14,23H,2-5,10H2,1H3,(H,25,28)(H,30,31)(H3,21,26,27,29);9H,1-8,10H2,(H,11,12);1-2H3;2H,1H3/b24-11-;;;/t14-;;;/m0.../s1. The number of nitrogens with one attached hydrogen (secondary N) is 4. The lowest BCUT2D eigenvalue weighted by atomic mass is 10.1. The second kappa shape index (κ2) is 33.2. The van der Waals surface area contributed by atoms with E-state index in [1.54, 1.807) is 36.7 Å². The van der Waals surface area contributed by atoms with E-state index in [4.69, 9.17) is 30.8 Å². The summed E-state index contributed by atoms with van der Waals surface area (Å²) in [6.07, 6.45) is 5.45. The predicted molar refractivity (Wildman–Crippen MR) is 202 cm³/mol. The molecule has 0 aliphatic heterocycles. The molecule has 0 aliphatic rings. The maximum absolute atomic E-state index is 12.2. The van der Waals surface area contributed by atoms with Gasteiger partial charge >= 0.3 is 5.97 Å². The van der Waals surface area contributed by atoms with Gasteiger partial charge in [-0.25, -0.2) is 9.79 Å². The van der Waals surface area contributed by atoms with Gasteiger partial charge in [-0.2, -0.15) is 17.6 Å². The summed E-state index contributed by atoms with van der Waals surface area (Å²) in [5, 5.41) is 17.3. The van der Waals surface area contributed by atoms with Crippen LogP contribution >= 0.6 is 12.6 Å². The van der Waals surface area contributed by atoms with Crippen molar-refractivity contribution in [3.8, 4) is 0 Å². The number of ether oxygens (including phenoxy) is 3. The van der Waals surface area contributed by atoms with Gasteiger partial charge in [0.2, 0.25) is 12.4 Å². The summed E-state index contributed by atoms with van der Waals surface area (Å²) in [6.45, 7) is 14.0. The van der Waals surface area contributed by atoms with Crippen molar-refractivity contribution in [2.45, 2.75) is 46.1 Å². The van der Waals surface area contributed by atoms with Gasteiger partial charge in [-0.05, 0) is 43.7 Å². The predicted octanol–water partition coefficient (Wildman–Crippen LogP) is 2.18. The quantitative estimate of drug-likeness (QED) is 0.0355. The van der Waals surface area contributed by atoms with E-state index in [0.717, 1.165) is 5.69 Å². The Kier molecular flexibility index (Phi) is 31.7. The molecule has 1 heterocycles. The number of hydrogen-bond donors (Lipinski definition) is 8. The first-order valence-electron chi connectivity index (χ1n) is 16.1. The van der Waals surface area contributed by atoms with E-state index in [1.807, 2.05) is 20.8 Å². The van der Waals surface area contributed by atoms with E-state index in [2.05, 4.69) is 55.2 Å². The molecule has 0 saturated carbocycles. The van der Waals surface area contributed by atoms with Crippen molar-refractivity contribution >= 4 is 67.0 Å². The van der Waals surface area contributed by atoms with Crippen LogP contribution in [0, 0.1) is 0 Å². The number of H-pyrrole nitrogens is 1. The number of nitrogens with two attached hydrogens (primary N) is 2. The Bertz CT molecular complexity index is 1280. The Morgan fingerprint density at radius 2 is 1.66 bits per heavy atom. The van der Waals surface area contributed by atoms with Crippen LogP contribution in [0.1, 0.15) is 50.4 Å². The van der Waals surface area contributed by atoms with E-state index in [-0.39, 0.29) is 17.5 Å². The molecule has 17 nitrogen and oxygen atoms in total. The molecule has 9 N–H and O–H groups in total. The van der Waals surface area contributed by atoms with Gasteiger partial charge in [0, 0.05) is 43.5 Å². The zero-order valence-electron chi connectivity index (χ0n) is 29.5. The lowest BCUT2D eigenvalue weighted by Crippen LogP contribution is -2.40. The number of benzene rings is 1. The minimum absolute atomic E-state index is 0.00338. The fraction of sp³-hybridized carbons (Fsp3) is 0.531. The number of carbonyl (C=O) groups is 3. The van der Waals surface area contributed by atoms with Crippen molar-refractivity contribution in [2.24, 2.45) is 15.7 Å². The molecule has 18 heteroatoms. The first-order valence-corrected chi connectivity index (χ1v) is 17.0. The van der Waals surface area contributed by atoms with Gasteiger partial charge in [0.1, 0.15) is 6.04 Å². The topological polar surface area (TPSA) is 258 Å². The van der Waals surface area contributed by atoms with Crippen molar-refractivity contribution in [1.29, 1.82) is 0 Å². The van der Waals surface area contributed by atoms with Gasteiger partial charge in [-0.15, -0.1) is 0 Å². The fourth-order valence-electron chi connectivity index (χ4n) is 3.48. The summed E-state index contributed by atoms with van der Waals surface area (Å²) in [6, 6.07) is 5.76. The van der Waals surface area contributed by atoms with Crippen LogP contribution in [-0.2, 0) is 23.8 Å². The summed E-state index contributed by atoms with van der Waals surface area (Å²) in [7, 11) is 0. The summed E-state index contributed by atoms with van der Waals surface area (Å²) >= 11 is 3.53. The van der Waals surface area contributed by atoms with Crippen LogP contribution in [0.3, 0.4) is 0 Å². The number of rotatable bonds is 23. The Hall–Kier alpha value is -4.36. The average molecular weight is 726 g/mol. The van der Waals surface area contributed by atoms with E-state index >= 15 is 0 Å². The number of hydrogen-bond acceptors (Lipinski definition) is 14. The second-order valence-corrected chi connectivity index (χ2v) is 9.24. The van der Waals surface area contributed by atoms with Gasteiger partial charge < -0.3 is 46.7 Å². The van der Waals surface area contributed by atoms with Crippen molar-refractivity contribution in [3.63, 3.8) is 0 Å². The third-order valence-corrected chi connectivity index (χ3v) is 5.68. The summed E-state index contributed by atoms with van der Waals surface area (Å²) in [5.41, 5.74) is 11.4. The van der Waals surface area contributed by atoms with Crippen LogP contribution in [0.5, 0.6) is 0 Å². The lowest BCUT2D eigenvalue weighted by Gasteiger charge is -2.13. The van der Waals surface area contributed by atoms with Gasteiger partial charge in [-0.3, -0.25) is 24.4 Å². The number of nitrogen functional groups attached to an aromatic ring is 1. The maximum Gasteiger partial charge on any atom is 0.326 e. The SMILES string of the molecule is C=Nc1c(/N=C\CCNc2ccc(C(=O)N[C@@H](CCC)C(=O)O)cc2)nc(N)[nH]c1=O.CC.CS.NCCOCCOCCOCCNC=O. The van der Waals surface area contributed by atoms with Crippen molar-refractivity contribution in [2.75, 3.05) is 76.6 Å². The van der Waals surface area contributed by atoms with E-state index in [9.17, 15) is 19.2 Å². The summed E-state index contributed by atoms with van der Waals surface area (Å²) in [4.78, 5) is 58.9. The third-order valence-electron chi connectivity index (χ3n) is 5.68. The van der Waals surface area contributed by atoms with E-state index < -0.39 is 23.5 Å². The molecule has 1 aromatic heterocycles. The molecule has 0 radical (unpaired) electrons.